The third-order valence-electron chi connectivity index (χ3n) is 3.79. The Morgan fingerprint density at radius 1 is 1.25 bits per heavy atom. The zero-order chi connectivity index (χ0) is 20.1. The van der Waals surface area contributed by atoms with Crippen molar-refractivity contribution < 1.29 is 18.6 Å². The number of rotatable bonds is 7. The van der Waals surface area contributed by atoms with Crippen LogP contribution in [0.25, 0.3) is 11.4 Å². The van der Waals surface area contributed by atoms with Gasteiger partial charge < -0.3 is 9.84 Å². The maximum absolute atomic E-state index is 13.3. The molecule has 0 fully saturated rings. The first-order chi connectivity index (χ1) is 13.4. The Balaban J connectivity index is 1.51. The van der Waals surface area contributed by atoms with Crippen molar-refractivity contribution in [3.8, 4) is 11.4 Å². The fourth-order valence-corrected chi connectivity index (χ4v) is 2.55. The van der Waals surface area contributed by atoms with E-state index in [-0.39, 0.29) is 18.0 Å². The van der Waals surface area contributed by atoms with Gasteiger partial charge in [0.2, 0.25) is 23.4 Å². The molecule has 1 aromatic heterocycles. The van der Waals surface area contributed by atoms with E-state index in [0.717, 1.165) is 17.7 Å². The molecule has 0 aliphatic heterocycles. The van der Waals surface area contributed by atoms with Gasteiger partial charge in [-0.15, -0.1) is 0 Å². The molecule has 0 atom stereocenters. The lowest BCUT2D eigenvalue weighted by Gasteiger charge is -2.04. The van der Waals surface area contributed by atoms with Gasteiger partial charge >= 0.3 is 5.69 Å². The molecular formula is C18H14ClFN4O4. The van der Waals surface area contributed by atoms with Crippen LogP contribution in [0.15, 0.2) is 47.0 Å². The largest absolute Gasteiger partial charge is 0.339 e. The number of nitrogens with zero attached hydrogens (tertiary/aromatic N) is 3. The van der Waals surface area contributed by atoms with Crippen molar-refractivity contribution in [1.82, 2.24) is 10.1 Å². The summed E-state index contributed by atoms with van der Waals surface area (Å²) in [6, 6.07) is 10.2. The smallest absolute Gasteiger partial charge is 0.306 e. The first kappa shape index (κ1) is 19.4. The van der Waals surface area contributed by atoms with Gasteiger partial charge in [0.05, 0.1) is 4.92 Å². The van der Waals surface area contributed by atoms with Crippen LogP contribution in [0.3, 0.4) is 0 Å². The number of halogens is 2. The van der Waals surface area contributed by atoms with Gasteiger partial charge in [0.15, 0.2) is 0 Å². The lowest BCUT2D eigenvalue weighted by Crippen LogP contribution is -2.12. The van der Waals surface area contributed by atoms with Crippen molar-refractivity contribution in [3.05, 3.63) is 69.3 Å². The highest BCUT2D eigenvalue weighted by Gasteiger charge is 2.15. The van der Waals surface area contributed by atoms with Crippen LogP contribution in [0, 0.1) is 15.9 Å². The molecule has 144 valence electrons. The van der Waals surface area contributed by atoms with E-state index in [1.165, 1.54) is 6.07 Å². The molecule has 0 aliphatic carbocycles. The Morgan fingerprint density at radius 2 is 2.00 bits per heavy atom. The summed E-state index contributed by atoms with van der Waals surface area (Å²) in [4.78, 5) is 26.1. The summed E-state index contributed by atoms with van der Waals surface area (Å²) in [6.07, 6.45) is 0.943. The number of aromatic nitrogens is 2. The second-order valence-corrected chi connectivity index (χ2v) is 6.28. The van der Waals surface area contributed by atoms with E-state index in [2.05, 4.69) is 15.5 Å². The fraction of sp³-hybridized carbons (Fsp3) is 0.167. The zero-order valence-corrected chi connectivity index (χ0v) is 15.1. The summed E-state index contributed by atoms with van der Waals surface area (Å²) in [6.45, 7) is 0. The van der Waals surface area contributed by atoms with Gasteiger partial charge in [-0.1, -0.05) is 16.8 Å². The fourth-order valence-electron chi connectivity index (χ4n) is 2.43. The number of hydrogen-bond donors (Lipinski definition) is 1. The minimum atomic E-state index is -0.962. The Hall–Kier alpha value is -3.33. The van der Waals surface area contributed by atoms with Crippen LogP contribution in [0.1, 0.15) is 18.7 Å². The average Bonchev–Trinajstić information content (AvgIpc) is 3.12. The molecule has 0 saturated heterocycles. The Bertz CT molecular complexity index is 1010. The number of carbonyl (C=O) groups excluding carboxylic acids is 1. The summed E-state index contributed by atoms with van der Waals surface area (Å²) in [5.41, 5.74) is 0.217. The molecule has 1 heterocycles. The number of nitro groups is 1. The molecular weight excluding hydrogens is 391 g/mol. The number of hydrogen-bond acceptors (Lipinski definition) is 6. The Labute approximate surface area is 163 Å². The number of anilines is 1. The van der Waals surface area contributed by atoms with Crippen molar-refractivity contribution in [2.24, 2.45) is 0 Å². The topological polar surface area (TPSA) is 111 Å². The summed E-state index contributed by atoms with van der Waals surface area (Å²) in [5.74, 6) is -0.515. The van der Waals surface area contributed by atoms with E-state index >= 15 is 0 Å². The molecule has 10 heteroatoms. The standard InChI is InChI=1S/C18H14ClFN4O4/c19-12-6-4-11(5-7-12)18-22-17(28-23-18)3-1-2-16(25)21-13-8-9-14(20)15(10-13)24(26)27/h4-10H,1-3H2,(H,21,25). The minimum Gasteiger partial charge on any atom is -0.339 e. The van der Waals surface area contributed by atoms with Gasteiger partial charge in [-0.2, -0.15) is 9.37 Å². The SMILES string of the molecule is O=C(CCCc1nc(-c2ccc(Cl)cc2)no1)Nc1ccc(F)c([N+](=O)[O-])c1. The molecule has 1 N–H and O–H groups in total. The second kappa shape index (κ2) is 8.57. The summed E-state index contributed by atoms with van der Waals surface area (Å²) >= 11 is 5.84. The highest BCUT2D eigenvalue weighted by molar-refractivity contribution is 6.30. The molecule has 1 amide bonds. The van der Waals surface area contributed by atoms with E-state index in [0.29, 0.717) is 29.6 Å². The van der Waals surface area contributed by atoms with E-state index in [4.69, 9.17) is 16.1 Å². The molecule has 28 heavy (non-hydrogen) atoms. The summed E-state index contributed by atoms with van der Waals surface area (Å²) in [7, 11) is 0. The predicted octanol–water partition coefficient (Wildman–Crippen LogP) is 4.40. The molecule has 8 nitrogen and oxygen atoms in total. The van der Waals surface area contributed by atoms with Crippen molar-refractivity contribution >= 4 is 28.9 Å². The number of benzene rings is 2. The first-order valence-electron chi connectivity index (χ1n) is 8.24. The molecule has 0 saturated carbocycles. The number of amides is 1. The van der Waals surface area contributed by atoms with Crippen LogP contribution in [0.2, 0.25) is 5.02 Å². The molecule has 0 spiro atoms. The number of aryl methyl sites for hydroxylation is 1. The van der Waals surface area contributed by atoms with E-state index in [1.54, 1.807) is 24.3 Å². The van der Waals surface area contributed by atoms with E-state index < -0.39 is 16.4 Å². The van der Waals surface area contributed by atoms with E-state index in [9.17, 15) is 19.3 Å². The van der Waals surface area contributed by atoms with Gasteiger partial charge in [0.1, 0.15) is 0 Å². The van der Waals surface area contributed by atoms with Crippen molar-refractivity contribution in [2.45, 2.75) is 19.3 Å². The lowest BCUT2D eigenvalue weighted by atomic mass is 10.2. The van der Waals surface area contributed by atoms with E-state index in [1.807, 2.05) is 0 Å². The molecule has 3 rings (SSSR count). The number of nitro benzene ring substituents is 1. The predicted molar refractivity (Wildman–Crippen MR) is 99.4 cm³/mol. The normalized spacial score (nSPS) is 10.6. The van der Waals surface area contributed by atoms with Crippen LogP contribution in [0.4, 0.5) is 15.8 Å². The maximum atomic E-state index is 13.3. The van der Waals surface area contributed by atoms with Gasteiger partial charge in [0, 0.05) is 35.2 Å². The molecule has 2 aromatic carbocycles. The number of carbonyl (C=O) groups is 1. The van der Waals surface area contributed by atoms with Crippen molar-refractivity contribution in [1.29, 1.82) is 0 Å². The quantitative estimate of drug-likeness (QED) is 0.461. The Kier molecular flexibility index (Phi) is 5.95. The second-order valence-electron chi connectivity index (χ2n) is 5.84. The van der Waals surface area contributed by atoms with Crippen LogP contribution < -0.4 is 5.32 Å². The van der Waals surface area contributed by atoms with Gasteiger partial charge in [0.25, 0.3) is 0 Å². The molecule has 0 unspecified atom stereocenters. The Morgan fingerprint density at radius 3 is 2.71 bits per heavy atom. The van der Waals surface area contributed by atoms with Crippen molar-refractivity contribution in [2.75, 3.05) is 5.32 Å². The third kappa shape index (κ3) is 4.89. The van der Waals surface area contributed by atoms with Gasteiger partial charge in [-0.05, 0) is 42.8 Å². The number of nitrogens with one attached hydrogen (secondary N) is 1. The highest BCUT2D eigenvalue weighted by Crippen LogP contribution is 2.22. The van der Waals surface area contributed by atoms with Crippen LogP contribution >= 0.6 is 11.6 Å². The lowest BCUT2D eigenvalue weighted by molar-refractivity contribution is -0.387. The maximum Gasteiger partial charge on any atom is 0.306 e. The first-order valence-corrected chi connectivity index (χ1v) is 8.62. The minimum absolute atomic E-state index is 0.129. The molecule has 0 radical (unpaired) electrons. The van der Waals surface area contributed by atoms with Crippen LogP contribution in [0.5, 0.6) is 0 Å². The summed E-state index contributed by atoms with van der Waals surface area (Å²) < 4.78 is 18.5. The monoisotopic (exact) mass is 404 g/mol. The average molecular weight is 405 g/mol. The van der Waals surface area contributed by atoms with Crippen LogP contribution in [-0.2, 0) is 11.2 Å². The highest BCUT2D eigenvalue weighted by atomic mass is 35.5. The zero-order valence-electron chi connectivity index (χ0n) is 14.4. The summed E-state index contributed by atoms with van der Waals surface area (Å²) in [5, 5.41) is 17.7. The van der Waals surface area contributed by atoms with Crippen molar-refractivity contribution in [3.63, 3.8) is 0 Å². The van der Waals surface area contributed by atoms with Gasteiger partial charge in [-0.25, -0.2) is 0 Å². The van der Waals surface area contributed by atoms with Gasteiger partial charge in [-0.3, -0.25) is 14.9 Å². The molecule has 3 aromatic rings. The third-order valence-corrected chi connectivity index (χ3v) is 4.04. The molecule has 0 aliphatic rings. The van der Waals surface area contributed by atoms with Crippen LogP contribution in [-0.4, -0.2) is 21.0 Å². The molecule has 0 bridgehead atoms.